The third kappa shape index (κ3) is 4.05. The highest BCUT2D eigenvalue weighted by atomic mass is 16.3. The molecule has 0 aromatic heterocycles. The summed E-state index contributed by atoms with van der Waals surface area (Å²) in [6, 6.07) is 9.60. The lowest BCUT2D eigenvalue weighted by molar-refractivity contribution is -0.127. The average molecular weight is 276 g/mol. The van der Waals surface area contributed by atoms with E-state index in [0.717, 1.165) is 31.2 Å². The number of amides is 1. The fourth-order valence-corrected chi connectivity index (χ4v) is 2.85. The van der Waals surface area contributed by atoms with Gasteiger partial charge in [0.15, 0.2) is 0 Å². The second-order valence-corrected chi connectivity index (χ2v) is 5.63. The Morgan fingerprint density at radius 3 is 2.65 bits per heavy atom. The van der Waals surface area contributed by atoms with Crippen LogP contribution in [0.4, 0.5) is 0 Å². The van der Waals surface area contributed by atoms with E-state index < -0.39 is 0 Å². The molecule has 0 saturated heterocycles. The SMILES string of the molecule is NC1CCCCC1C(=O)N[C@@H](CO)Cc1ccccc1. The number of nitrogens with two attached hydrogens (primary N) is 1. The van der Waals surface area contributed by atoms with E-state index in [-0.39, 0.29) is 30.5 Å². The van der Waals surface area contributed by atoms with Gasteiger partial charge in [0, 0.05) is 6.04 Å². The molecule has 4 heteroatoms. The van der Waals surface area contributed by atoms with Gasteiger partial charge >= 0.3 is 0 Å². The van der Waals surface area contributed by atoms with E-state index in [9.17, 15) is 9.90 Å². The van der Waals surface area contributed by atoms with Gasteiger partial charge in [0.05, 0.1) is 18.6 Å². The number of hydrogen-bond acceptors (Lipinski definition) is 3. The van der Waals surface area contributed by atoms with Crippen LogP contribution in [0.3, 0.4) is 0 Å². The minimum atomic E-state index is -0.237. The summed E-state index contributed by atoms with van der Waals surface area (Å²) in [5.74, 6) is -0.110. The van der Waals surface area contributed by atoms with Crippen molar-refractivity contribution in [3.63, 3.8) is 0 Å². The van der Waals surface area contributed by atoms with Gasteiger partial charge in [0.1, 0.15) is 0 Å². The first-order chi connectivity index (χ1) is 9.70. The molecule has 2 unspecified atom stereocenters. The quantitative estimate of drug-likeness (QED) is 0.757. The van der Waals surface area contributed by atoms with Gasteiger partial charge in [-0.15, -0.1) is 0 Å². The van der Waals surface area contributed by atoms with E-state index in [1.165, 1.54) is 0 Å². The molecule has 0 radical (unpaired) electrons. The molecule has 2 rings (SSSR count). The lowest BCUT2D eigenvalue weighted by Gasteiger charge is -2.29. The summed E-state index contributed by atoms with van der Waals surface area (Å²) < 4.78 is 0. The Morgan fingerprint density at radius 2 is 2.00 bits per heavy atom. The predicted molar refractivity (Wildman–Crippen MR) is 79.1 cm³/mol. The molecule has 0 heterocycles. The Hall–Kier alpha value is -1.39. The first kappa shape index (κ1) is 15.0. The maximum atomic E-state index is 12.3. The van der Waals surface area contributed by atoms with Crippen LogP contribution in [-0.4, -0.2) is 29.7 Å². The molecule has 0 bridgehead atoms. The average Bonchev–Trinajstić information content (AvgIpc) is 2.48. The minimum absolute atomic E-state index is 0.00724. The molecule has 110 valence electrons. The van der Waals surface area contributed by atoms with Gasteiger partial charge in [0.2, 0.25) is 5.91 Å². The lowest BCUT2D eigenvalue weighted by atomic mass is 9.84. The van der Waals surface area contributed by atoms with Crippen molar-refractivity contribution in [1.82, 2.24) is 5.32 Å². The Labute approximate surface area is 120 Å². The summed E-state index contributed by atoms with van der Waals surface area (Å²) in [5.41, 5.74) is 7.14. The summed E-state index contributed by atoms with van der Waals surface area (Å²) in [4.78, 5) is 12.3. The molecule has 3 atom stereocenters. The summed E-state index contributed by atoms with van der Waals surface area (Å²) >= 11 is 0. The maximum Gasteiger partial charge on any atom is 0.224 e. The number of aliphatic hydroxyl groups excluding tert-OH is 1. The predicted octanol–water partition coefficient (Wildman–Crippen LogP) is 1.22. The molecule has 4 N–H and O–H groups in total. The van der Waals surface area contributed by atoms with Gasteiger partial charge in [-0.1, -0.05) is 43.2 Å². The fraction of sp³-hybridized carbons (Fsp3) is 0.562. The van der Waals surface area contributed by atoms with Gasteiger partial charge in [0.25, 0.3) is 0 Å². The van der Waals surface area contributed by atoms with Crippen molar-refractivity contribution in [3.8, 4) is 0 Å². The topological polar surface area (TPSA) is 75.4 Å². The van der Waals surface area contributed by atoms with Crippen molar-refractivity contribution < 1.29 is 9.90 Å². The van der Waals surface area contributed by atoms with Crippen LogP contribution in [0.1, 0.15) is 31.2 Å². The second-order valence-electron chi connectivity index (χ2n) is 5.63. The van der Waals surface area contributed by atoms with Crippen LogP contribution in [0.15, 0.2) is 30.3 Å². The summed E-state index contributed by atoms with van der Waals surface area (Å²) in [6.45, 7) is -0.0530. The molecule has 1 aliphatic carbocycles. The molecule has 1 amide bonds. The van der Waals surface area contributed by atoms with Crippen molar-refractivity contribution in [2.45, 2.75) is 44.2 Å². The number of rotatable bonds is 5. The van der Waals surface area contributed by atoms with Gasteiger partial charge in [-0.05, 0) is 24.8 Å². The summed E-state index contributed by atoms with van der Waals surface area (Å²) in [7, 11) is 0. The number of nitrogens with one attached hydrogen (secondary N) is 1. The Kier molecular flexibility index (Phi) is 5.56. The van der Waals surface area contributed by atoms with Gasteiger partial charge < -0.3 is 16.2 Å². The van der Waals surface area contributed by atoms with Crippen LogP contribution in [0.5, 0.6) is 0 Å². The van der Waals surface area contributed by atoms with Crippen molar-refractivity contribution in [1.29, 1.82) is 0 Å². The Balaban J connectivity index is 1.90. The Bertz CT molecular complexity index is 422. The van der Waals surface area contributed by atoms with Crippen LogP contribution in [0, 0.1) is 5.92 Å². The number of carbonyl (C=O) groups is 1. The summed E-state index contributed by atoms with van der Waals surface area (Å²) in [6.07, 6.45) is 4.59. The first-order valence-electron chi connectivity index (χ1n) is 7.41. The molecule has 1 aliphatic rings. The third-order valence-electron chi connectivity index (χ3n) is 4.05. The van der Waals surface area contributed by atoms with Crippen LogP contribution < -0.4 is 11.1 Å². The van der Waals surface area contributed by atoms with E-state index in [1.54, 1.807) is 0 Å². The molecule has 1 saturated carbocycles. The van der Waals surface area contributed by atoms with Crippen molar-refractivity contribution in [2.24, 2.45) is 11.7 Å². The largest absolute Gasteiger partial charge is 0.394 e. The minimum Gasteiger partial charge on any atom is -0.394 e. The van der Waals surface area contributed by atoms with E-state index in [2.05, 4.69) is 5.32 Å². The van der Waals surface area contributed by atoms with Crippen molar-refractivity contribution >= 4 is 5.91 Å². The van der Waals surface area contributed by atoms with Crippen LogP contribution in [-0.2, 0) is 11.2 Å². The zero-order valence-electron chi connectivity index (χ0n) is 11.8. The highest BCUT2D eigenvalue weighted by Crippen LogP contribution is 2.23. The molecule has 0 aliphatic heterocycles. The van der Waals surface area contributed by atoms with E-state index in [1.807, 2.05) is 30.3 Å². The number of carbonyl (C=O) groups excluding carboxylic acids is 1. The molecular formula is C16H24N2O2. The third-order valence-corrected chi connectivity index (χ3v) is 4.05. The number of benzene rings is 1. The van der Waals surface area contributed by atoms with E-state index in [4.69, 9.17) is 5.73 Å². The molecule has 1 aromatic rings. The normalized spacial score (nSPS) is 24.1. The smallest absolute Gasteiger partial charge is 0.224 e. The van der Waals surface area contributed by atoms with Crippen LogP contribution >= 0.6 is 0 Å². The summed E-state index contributed by atoms with van der Waals surface area (Å²) in [5, 5.41) is 12.4. The van der Waals surface area contributed by atoms with Crippen LogP contribution in [0.25, 0.3) is 0 Å². The molecular weight excluding hydrogens is 252 g/mol. The molecule has 1 aromatic carbocycles. The molecule has 4 nitrogen and oxygen atoms in total. The van der Waals surface area contributed by atoms with Crippen molar-refractivity contribution in [3.05, 3.63) is 35.9 Å². The van der Waals surface area contributed by atoms with Crippen LogP contribution in [0.2, 0.25) is 0 Å². The maximum absolute atomic E-state index is 12.3. The Morgan fingerprint density at radius 1 is 1.30 bits per heavy atom. The lowest BCUT2D eigenvalue weighted by Crippen LogP contribution is -2.48. The number of hydrogen-bond donors (Lipinski definition) is 3. The van der Waals surface area contributed by atoms with Crippen molar-refractivity contribution in [2.75, 3.05) is 6.61 Å². The number of aliphatic hydroxyl groups is 1. The highest BCUT2D eigenvalue weighted by molar-refractivity contribution is 5.79. The van der Waals surface area contributed by atoms with Gasteiger partial charge in [-0.2, -0.15) is 0 Å². The zero-order chi connectivity index (χ0) is 14.4. The molecule has 0 spiro atoms. The standard InChI is InChI=1S/C16H24N2O2/c17-15-9-5-4-8-14(15)16(20)18-13(11-19)10-12-6-2-1-3-7-12/h1-3,6-7,13-15,19H,4-5,8-11,17H2,(H,18,20)/t13-,14?,15?/m1/s1. The first-order valence-corrected chi connectivity index (χ1v) is 7.41. The van der Waals surface area contributed by atoms with Gasteiger partial charge in [-0.3, -0.25) is 4.79 Å². The van der Waals surface area contributed by atoms with Gasteiger partial charge in [-0.25, -0.2) is 0 Å². The molecule has 1 fully saturated rings. The molecule has 20 heavy (non-hydrogen) atoms. The second kappa shape index (κ2) is 7.41. The zero-order valence-corrected chi connectivity index (χ0v) is 11.8. The van der Waals surface area contributed by atoms with E-state index in [0.29, 0.717) is 6.42 Å². The highest BCUT2D eigenvalue weighted by Gasteiger charge is 2.29. The van der Waals surface area contributed by atoms with E-state index >= 15 is 0 Å². The monoisotopic (exact) mass is 276 g/mol. The fourth-order valence-electron chi connectivity index (χ4n) is 2.85.